The maximum atomic E-state index is 12.5. The van der Waals surface area contributed by atoms with Gasteiger partial charge in [0.1, 0.15) is 5.60 Å². The number of hydrogen-bond donors (Lipinski definition) is 2. The molecular formula is C19H26N4O3. The first-order chi connectivity index (χ1) is 12.7. The molecule has 0 spiro atoms. The molecule has 0 radical (unpaired) electrons. The topological polar surface area (TPSA) is 89.3 Å². The van der Waals surface area contributed by atoms with E-state index in [0.29, 0.717) is 31.1 Å². The van der Waals surface area contributed by atoms with Crippen molar-refractivity contribution in [2.75, 3.05) is 26.7 Å². The number of nitrogens with one attached hydrogen (secondary N) is 2. The third-order valence-electron chi connectivity index (χ3n) is 4.90. The van der Waals surface area contributed by atoms with Gasteiger partial charge in [-0.05, 0) is 50.0 Å². The van der Waals surface area contributed by atoms with E-state index in [9.17, 15) is 4.79 Å². The smallest absolute Gasteiger partial charge is 0.257 e. The summed E-state index contributed by atoms with van der Waals surface area (Å²) in [4.78, 5) is 16.8. The maximum Gasteiger partial charge on any atom is 0.257 e. The number of nitrogens with zero attached hydrogens (tertiary/aromatic N) is 2. The summed E-state index contributed by atoms with van der Waals surface area (Å²) in [5.74, 6) is 1.22. The van der Waals surface area contributed by atoms with Gasteiger partial charge in [0.2, 0.25) is 0 Å². The zero-order valence-corrected chi connectivity index (χ0v) is 15.4. The average molecular weight is 358 g/mol. The van der Waals surface area contributed by atoms with Gasteiger partial charge in [-0.2, -0.15) is 4.98 Å². The molecule has 7 nitrogen and oxygen atoms in total. The van der Waals surface area contributed by atoms with E-state index in [1.807, 2.05) is 31.2 Å². The Bertz CT molecular complexity index is 721. The minimum absolute atomic E-state index is 0.0175. The van der Waals surface area contributed by atoms with Crippen LogP contribution in [0.15, 0.2) is 28.8 Å². The van der Waals surface area contributed by atoms with Crippen LogP contribution < -0.4 is 10.6 Å². The van der Waals surface area contributed by atoms with Crippen LogP contribution in [0.1, 0.15) is 31.2 Å². The number of carbonyl (C=O) groups is 1. The van der Waals surface area contributed by atoms with E-state index >= 15 is 0 Å². The number of benzene rings is 1. The molecule has 1 aliphatic rings. The normalized spacial score (nSPS) is 16.4. The second-order valence-electron chi connectivity index (χ2n) is 6.52. The Hall–Kier alpha value is -2.25. The number of aromatic nitrogens is 2. The number of ether oxygens (including phenoxy) is 1. The van der Waals surface area contributed by atoms with Gasteiger partial charge in [0.15, 0.2) is 5.82 Å². The number of methoxy groups -OCH3 is 1. The molecule has 2 heterocycles. The van der Waals surface area contributed by atoms with Crippen LogP contribution in [-0.4, -0.2) is 48.4 Å². The molecule has 7 heteroatoms. The van der Waals surface area contributed by atoms with Crippen molar-refractivity contribution in [3.63, 3.8) is 0 Å². The zero-order valence-electron chi connectivity index (χ0n) is 15.4. The molecule has 2 N–H and O–H groups in total. The highest BCUT2D eigenvalue weighted by Gasteiger charge is 2.39. The second kappa shape index (κ2) is 8.42. The number of carbonyl (C=O) groups excluding carboxylic acids is 1. The predicted molar refractivity (Wildman–Crippen MR) is 97.7 cm³/mol. The molecule has 0 atom stereocenters. The Labute approximate surface area is 153 Å². The molecule has 1 fully saturated rings. The number of piperidine rings is 1. The third kappa shape index (κ3) is 4.11. The van der Waals surface area contributed by atoms with Crippen LogP contribution in [0.4, 0.5) is 0 Å². The van der Waals surface area contributed by atoms with Crippen LogP contribution in [-0.2, 0) is 22.4 Å². The Kier molecular flexibility index (Phi) is 6.00. The van der Waals surface area contributed by atoms with Crippen LogP contribution in [0, 0.1) is 0 Å². The lowest BCUT2D eigenvalue weighted by atomic mass is 9.91. The van der Waals surface area contributed by atoms with E-state index in [-0.39, 0.29) is 5.91 Å². The first kappa shape index (κ1) is 18.5. The first-order valence-corrected chi connectivity index (χ1v) is 9.13. The van der Waals surface area contributed by atoms with Crippen LogP contribution in [0.25, 0.3) is 11.5 Å². The quantitative estimate of drug-likeness (QED) is 0.783. The average Bonchev–Trinajstić information content (AvgIpc) is 3.18. The van der Waals surface area contributed by atoms with Gasteiger partial charge < -0.3 is 19.9 Å². The lowest BCUT2D eigenvalue weighted by Crippen LogP contribution is -2.54. The Morgan fingerprint density at radius 1 is 1.31 bits per heavy atom. The number of rotatable bonds is 7. The van der Waals surface area contributed by atoms with E-state index < -0.39 is 5.60 Å². The Morgan fingerprint density at radius 2 is 2.04 bits per heavy atom. The summed E-state index contributed by atoms with van der Waals surface area (Å²) in [6.45, 7) is 4.18. The molecule has 26 heavy (non-hydrogen) atoms. The van der Waals surface area contributed by atoms with E-state index in [1.165, 1.54) is 0 Å². The largest absolute Gasteiger partial charge is 0.368 e. The van der Waals surface area contributed by atoms with Gasteiger partial charge >= 0.3 is 0 Å². The Balaban J connectivity index is 1.52. The number of aryl methyl sites for hydroxylation is 1. The minimum Gasteiger partial charge on any atom is -0.368 e. The van der Waals surface area contributed by atoms with Gasteiger partial charge in [0, 0.05) is 25.6 Å². The van der Waals surface area contributed by atoms with Crippen molar-refractivity contribution in [3.05, 3.63) is 35.7 Å². The predicted octanol–water partition coefficient (Wildman–Crippen LogP) is 1.73. The van der Waals surface area contributed by atoms with Crippen molar-refractivity contribution in [1.29, 1.82) is 0 Å². The third-order valence-corrected chi connectivity index (χ3v) is 4.90. The minimum atomic E-state index is -0.690. The summed E-state index contributed by atoms with van der Waals surface area (Å²) in [6.07, 6.45) is 2.91. The van der Waals surface area contributed by atoms with Gasteiger partial charge in [-0.1, -0.05) is 24.2 Å². The fourth-order valence-corrected chi connectivity index (χ4v) is 3.16. The van der Waals surface area contributed by atoms with Crippen molar-refractivity contribution in [2.45, 2.75) is 38.2 Å². The summed E-state index contributed by atoms with van der Waals surface area (Å²) < 4.78 is 10.8. The summed E-state index contributed by atoms with van der Waals surface area (Å²) in [5, 5.41) is 10.2. The molecule has 3 rings (SSSR count). The van der Waals surface area contributed by atoms with E-state index in [2.05, 4.69) is 20.8 Å². The molecule has 1 aromatic heterocycles. The lowest BCUT2D eigenvalue weighted by Gasteiger charge is -2.34. The number of amides is 1. The molecular weight excluding hydrogens is 332 g/mol. The highest BCUT2D eigenvalue weighted by molar-refractivity contribution is 5.85. The van der Waals surface area contributed by atoms with E-state index in [0.717, 1.165) is 37.1 Å². The molecule has 0 bridgehead atoms. The van der Waals surface area contributed by atoms with Crippen molar-refractivity contribution in [2.24, 2.45) is 0 Å². The monoisotopic (exact) mass is 358 g/mol. The van der Waals surface area contributed by atoms with Crippen LogP contribution >= 0.6 is 0 Å². The highest BCUT2D eigenvalue weighted by Crippen LogP contribution is 2.22. The first-order valence-electron chi connectivity index (χ1n) is 9.13. The molecule has 1 amide bonds. The lowest BCUT2D eigenvalue weighted by molar-refractivity contribution is -0.146. The zero-order chi connectivity index (χ0) is 18.4. The molecule has 1 saturated heterocycles. The van der Waals surface area contributed by atoms with Crippen LogP contribution in [0.3, 0.4) is 0 Å². The van der Waals surface area contributed by atoms with Crippen molar-refractivity contribution in [1.82, 2.24) is 20.8 Å². The summed E-state index contributed by atoms with van der Waals surface area (Å²) in [7, 11) is 1.62. The molecule has 0 unspecified atom stereocenters. The van der Waals surface area contributed by atoms with Crippen molar-refractivity contribution in [3.8, 4) is 11.5 Å². The van der Waals surface area contributed by atoms with Crippen LogP contribution in [0.5, 0.6) is 0 Å². The summed E-state index contributed by atoms with van der Waals surface area (Å²) in [6, 6.07) is 7.98. The SMILES string of the molecule is CCc1noc(-c2ccc(CCNC(=O)C3(OC)CCNCC3)cc2)n1. The van der Waals surface area contributed by atoms with Gasteiger partial charge in [-0.3, -0.25) is 4.79 Å². The van der Waals surface area contributed by atoms with Crippen molar-refractivity contribution >= 4 is 5.91 Å². The molecule has 0 aliphatic carbocycles. The molecule has 2 aromatic rings. The standard InChI is InChI=1S/C19H26N4O3/c1-3-16-22-17(26-23-16)15-6-4-14(5-7-15)8-11-21-18(24)19(25-2)9-12-20-13-10-19/h4-7,20H,3,8-13H2,1-2H3,(H,21,24). The summed E-state index contributed by atoms with van der Waals surface area (Å²) >= 11 is 0. The van der Waals surface area contributed by atoms with Gasteiger partial charge in [-0.15, -0.1) is 0 Å². The molecule has 0 saturated carbocycles. The Morgan fingerprint density at radius 3 is 2.65 bits per heavy atom. The van der Waals surface area contributed by atoms with Crippen LogP contribution in [0.2, 0.25) is 0 Å². The number of hydrogen-bond acceptors (Lipinski definition) is 6. The molecule has 140 valence electrons. The van der Waals surface area contributed by atoms with E-state index in [1.54, 1.807) is 7.11 Å². The molecule has 1 aromatic carbocycles. The fraction of sp³-hybridized carbons (Fsp3) is 0.526. The maximum absolute atomic E-state index is 12.5. The highest BCUT2D eigenvalue weighted by atomic mass is 16.5. The van der Waals surface area contributed by atoms with Gasteiger partial charge in [0.25, 0.3) is 11.8 Å². The van der Waals surface area contributed by atoms with Gasteiger partial charge in [0.05, 0.1) is 0 Å². The fourth-order valence-electron chi connectivity index (χ4n) is 3.16. The van der Waals surface area contributed by atoms with E-state index in [4.69, 9.17) is 9.26 Å². The van der Waals surface area contributed by atoms with Crippen molar-refractivity contribution < 1.29 is 14.1 Å². The molecule has 1 aliphatic heterocycles. The second-order valence-corrected chi connectivity index (χ2v) is 6.52. The van der Waals surface area contributed by atoms with Gasteiger partial charge in [-0.25, -0.2) is 0 Å². The summed E-state index contributed by atoms with van der Waals surface area (Å²) in [5.41, 5.74) is 1.35.